The Balaban J connectivity index is 1.95. The van der Waals surface area contributed by atoms with Crippen LogP contribution in [0.4, 0.5) is 0 Å². The van der Waals surface area contributed by atoms with E-state index in [1.165, 1.54) is 16.7 Å². The average Bonchev–Trinajstić information content (AvgIpc) is 3.05. The zero-order valence-electron chi connectivity index (χ0n) is 12.5. The van der Waals surface area contributed by atoms with Gasteiger partial charge in [-0.05, 0) is 6.92 Å². The molecule has 0 atom stereocenters. The fourth-order valence-corrected chi connectivity index (χ4v) is 2.72. The van der Waals surface area contributed by atoms with Crippen LogP contribution in [0.1, 0.15) is 57.1 Å². The number of nitrogens with zero attached hydrogens (tertiary/aromatic N) is 2. The molecule has 2 heterocycles. The number of aryl methyl sites for hydroxylation is 1. The van der Waals surface area contributed by atoms with E-state index in [4.69, 9.17) is 9.63 Å². The van der Waals surface area contributed by atoms with Crippen molar-refractivity contribution in [3.63, 3.8) is 0 Å². The molecule has 0 radical (unpaired) electrons. The summed E-state index contributed by atoms with van der Waals surface area (Å²) in [4.78, 5) is 27.0. The lowest BCUT2D eigenvalue weighted by Crippen LogP contribution is -2.27. The Morgan fingerprint density at radius 2 is 2.18 bits per heavy atom. The van der Waals surface area contributed by atoms with Crippen LogP contribution in [0.5, 0.6) is 0 Å². The van der Waals surface area contributed by atoms with Crippen LogP contribution in [0, 0.1) is 6.92 Å². The van der Waals surface area contributed by atoms with E-state index >= 15 is 0 Å². The maximum atomic E-state index is 12.2. The third kappa shape index (κ3) is 3.51. The highest BCUT2D eigenvalue weighted by molar-refractivity contribution is 7.09. The molecule has 7 nitrogen and oxygen atoms in total. The van der Waals surface area contributed by atoms with E-state index < -0.39 is 5.97 Å². The van der Waals surface area contributed by atoms with E-state index in [-0.39, 0.29) is 17.5 Å². The molecule has 0 saturated heterocycles. The summed E-state index contributed by atoms with van der Waals surface area (Å²) >= 11 is 1.26. The molecule has 0 fully saturated rings. The number of aromatic carboxylic acids is 1. The Bertz CT molecular complexity index is 690. The van der Waals surface area contributed by atoms with Crippen molar-refractivity contribution in [1.29, 1.82) is 0 Å². The zero-order valence-corrected chi connectivity index (χ0v) is 13.4. The normalized spacial score (nSPS) is 10.9. The van der Waals surface area contributed by atoms with Gasteiger partial charge in [-0.25, -0.2) is 9.78 Å². The lowest BCUT2D eigenvalue weighted by molar-refractivity contribution is 0.0690. The number of carboxylic acid groups (broad SMARTS) is 1. The fraction of sp³-hybridized carbons (Fsp3) is 0.429. The number of carbonyl (C=O) groups excluding carboxylic acids is 1. The molecule has 2 aromatic rings. The van der Waals surface area contributed by atoms with Crippen LogP contribution in [0.3, 0.4) is 0 Å². The number of hydrogen-bond donors (Lipinski definition) is 2. The van der Waals surface area contributed by atoms with Gasteiger partial charge in [0.2, 0.25) is 0 Å². The summed E-state index contributed by atoms with van der Waals surface area (Å²) in [5.41, 5.74) is 1.06. The molecular formula is C14H17N3O4S. The second kappa shape index (κ2) is 6.69. The number of rotatable bonds is 6. The molecule has 0 aliphatic heterocycles. The number of hydrogen-bond acceptors (Lipinski definition) is 6. The number of amides is 1. The molecule has 22 heavy (non-hydrogen) atoms. The first-order chi connectivity index (χ1) is 10.4. The molecule has 0 spiro atoms. The lowest BCUT2D eigenvalue weighted by Gasteiger charge is -2.06. The van der Waals surface area contributed by atoms with Crippen molar-refractivity contribution in [2.45, 2.75) is 33.1 Å². The average molecular weight is 323 g/mol. The fourth-order valence-electron chi connectivity index (χ4n) is 1.95. The minimum atomic E-state index is -1.05. The summed E-state index contributed by atoms with van der Waals surface area (Å²) in [5, 5.41) is 17.6. The lowest BCUT2D eigenvalue weighted by atomic mass is 10.0. The van der Waals surface area contributed by atoms with Crippen molar-refractivity contribution in [3.8, 4) is 0 Å². The van der Waals surface area contributed by atoms with E-state index in [2.05, 4.69) is 15.5 Å². The first kappa shape index (κ1) is 16.2. The highest BCUT2D eigenvalue weighted by atomic mass is 32.1. The first-order valence-electron chi connectivity index (χ1n) is 6.82. The van der Waals surface area contributed by atoms with Crippen molar-refractivity contribution in [3.05, 3.63) is 33.1 Å². The SMILES string of the molecule is Cc1noc(C(C)C)c1C(=O)NCCc1nc(C(=O)O)cs1. The summed E-state index contributed by atoms with van der Waals surface area (Å²) in [5.74, 6) is -0.651. The molecule has 0 aliphatic carbocycles. The van der Waals surface area contributed by atoms with Crippen LogP contribution in [0.25, 0.3) is 0 Å². The van der Waals surface area contributed by atoms with Gasteiger partial charge in [-0.15, -0.1) is 11.3 Å². The summed E-state index contributed by atoms with van der Waals surface area (Å²) in [6.45, 7) is 5.96. The monoisotopic (exact) mass is 323 g/mol. The van der Waals surface area contributed by atoms with Gasteiger partial charge < -0.3 is 14.9 Å². The minimum absolute atomic E-state index is 0.0308. The predicted molar refractivity (Wildman–Crippen MR) is 80.4 cm³/mol. The van der Waals surface area contributed by atoms with E-state index in [1.807, 2.05) is 13.8 Å². The largest absolute Gasteiger partial charge is 0.476 e. The number of thiazole rings is 1. The molecule has 0 bridgehead atoms. The van der Waals surface area contributed by atoms with E-state index in [9.17, 15) is 9.59 Å². The van der Waals surface area contributed by atoms with Crippen LogP contribution in [-0.4, -0.2) is 33.7 Å². The third-order valence-electron chi connectivity index (χ3n) is 3.04. The molecule has 0 aliphatic rings. The summed E-state index contributed by atoms with van der Waals surface area (Å²) in [7, 11) is 0. The topological polar surface area (TPSA) is 105 Å². The van der Waals surface area contributed by atoms with Gasteiger partial charge >= 0.3 is 5.97 Å². The third-order valence-corrected chi connectivity index (χ3v) is 3.94. The second-order valence-corrected chi connectivity index (χ2v) is 6.04. The highest BCUT2D eigenvalue weighted by Gasteiger charge is 2.22. The van der Waals surface area contributed by atoms with E-state index in [0.29, 0.717) is 35.0 Å². The van der Waals surface area contributed by atoms with Crippen molar-refractivity contribution >= 4 is 23.2 Å². The molecule has 0 saturated carbocycles. The van der Waals surface area contributed by atoms with Gasteiger partial charge in [0.1, 0.15) is 5.56 Å². The van der Waals surface area contributed by atoms with E-state index in [1.54, 1.807) is 6.92 Å². The minimum Gasteiger partial charge on any atom is -0.476 e. The van der Waals surface area contributed by atoms with Gasteiger partial charge in [-0.2, -0.15) is 0 Å². The Morgan fingerprint density at radius 1 is 1.45 bits per heavy atom. The van der Waals surface area contributed by atoms with Gasteiger partial charge in [-0.1, -0.05) is 19.0 Å². The molecule has 8 heteroatoms. The van der Waals surface area contributed by atoms with Crippen LogP contribution < -0.4 is 5.32 Å². The molecule has 1 amide bonds. The van der Waals surface area contributed by atoms with Crippen LogP contribution in [0.15, 0.2) is 9.90 Å². The molecule has 2 N–H and O–H groups in total. The molecule has 2 rings (SSSR count). The van der Waals surface area contributed by atoms with Gasteiger partial charge in [0.15, 0.2) is 11.5 Å². The van der Waals surface area contributed by atoms with Crippen LogP contribution >= 0.6 is 11.3 Å². The van der Waals surface area contributed by atoms with Crippen LogP contribution in [-0.2, 0) is 6.42 Å². The molecular weight excluding hydrogens is 306 g/mol. The van der Waals surface area contributed by atoms with Crippen LogP contribution in [0.2, 0.25) is 0 Å². The maximum Gasteiger partial charge on any atom is 0.355 e. The van der Waals surface area contributed by atoms with E-state index in [0.717, 1.165) is 0 Å². The van der Waals surface area contributed by atoms with Gasteiger partial charge in [-0.3, -0.25) is 4.79 Å². The van der Waals surface area contributed by atoms with Crippen molar-refractivity contribution in [2.75, 3.05) is 6.54 Å². The number of nitrogens with one attached hydrogen (secondary N) is 1. The number of aromatic nitrogens is 2. The quantitative estimate of drug-likeness (QED) is 0.844. The number of carbonyl (C=O) groups is 2. The molecule has 118 valence electrons. The number of carboxylic acids is 1. The van der Waals surface area contributed by atoms with Gasteiger partial charge in [0.05, 0.1) is 10.7 Å². The Kier molecular flexibility index (Phi) is 4.92. The molecule has 0 aromatic carbocycles. The van der Waals surface area contributed by atoms with Gasteiger partial charge in [0.25, 0.3) is 5.91 Å². The standard InChI is InChI=1S/C14H17N3O4S/c1-7(2)12-11(8(3)17-21-12)13(18)15-5-4-10-16-9(6-22-10)14(19)20/h6-7H,4-5H2,1-3H3,(H,15,18)(H,19,20). The summed E-state index contributed by atoms with van der Waals surface area (Å²) < 4.78 is 5.19. The first-order valence-corrected chi connectivity index (χ1v) is 7.70. The van der Waals surface area contributed by atoms with Crippen molar-refractivity contribution < 1.29 is 19.2 Å². The van der Waals surface area contributed by atoms with Gasteiger partial charge in [0, 0.05) is 24.3 Å². The Morgan fingerprint density at radius 3 is 2.77 bits per heavy atom. The highest BCUT2D eigenvalue weighted by Crippen LogP contribution is 2.22. The Labute approximate surface area is 131 Å². The predicted octanol–water partition coefficient (Wildman–Crippen LogP) is 2.23. The smallest absolute Gasteiger partial charge is 0.355 e. The zero-order chi connectivity index (χ0) is 16.3. The summed E-state index contributed by atoms with van der Waals surface area (Å²) in [6, 6.07) is 0. The second-order valence-electron chi connectivity index (χ2n) is 5.10. The molecule has 2 aromatic heterocycles. The van der Waals surface area contributed by atoms with Crippen molar-refractivity contribution in [2.24, 2.45) is 0 Å². The maximum absolute atomic E-state index is 12.2. The van der Waals surface area contributed by atoms with Crippen molar-refractivity contribution in [1.82, 2.24) is 15.5 Å². The Hall–Kier alpha value is -2.22. The molecule has 0 unspecified atom stereocenters. The summed E-state index contributed by atoms with van der Waals surface area (Å²) in [6.07, 6.45) is 0.477.